The van der Waals surface area contributed by atoms with Gasteiger partial charge in [0.25, 0.3) is 0 Å². The van der Waals surface area contributed by atoms with E-state index >= 15 is 0 Å². The average molecular weight is 375 g/mol. The molecular weight excluding hydrogens is 354 g/mol. The Balaban J connectivity index is 1.48. The summed E-state index contributed by atoms with van der Waals surface area (Å²) in [7, 11) is 0. The van der Waals surface area contributed by atoms with E-state index in [-0.39, 0.29) is 24.5 Å². The van der Waals surface area contributed by atoms with Crippen molar-refractivity contribution in [2.45, 2.75) is 12.8 Å². The van der Waals surface area contributed by atoms with E-state index in [0.29, 0.717) is 42.6 Å². The lowest BCUT2D eigenvalue weighted by molar-refractivity contribution is -0.894. The van der Waals surface area contributed by atoms with E-state index in [2.05, 4.69) is 0 Å². The number of ketones is 1. The monoisotopic (exact) mass is 374 g/mol. The number of piperazine rings is 1. The second-order valence-electron chi connectivity index (χ2n) is 6.20. The van der Waals surface area contributed by atoms with Crippen LogP contribution in [0.1, 0.15) is 23.2 Å². The van der Waals surface area contributed by atoms with Gasteiger partial charge in [0.15, 0.2) is 5.78 Å². The highest BCUT2D eigenvalue weighted by Crippen LogP contribution is 2.14. The van der Waals surface area contributed by atoms with Gasteiger partial charge in [0.1, 0.15) is 19.3 Å². The van der Waals surface area contributed by atoms with Crippen LogP contribution in [0.25, 0.3) is 0 Å². The molecule has 3 rings (SSSR count). The number of halogens is 1. The van der Waals surface area contributed by atoms with Crippen LogP contribution in [0.2, 0.25) is 5.02 Å². The summed E-state index contributed by atoms with van der Waals surface area (Å²) in [5.74, 6) is 0.633. The first-order valence-electron chi connectivity index (χ1n) is 8.56. The fourth-order valence-corrected chi connectivity index (χ4v) is 3.15. The van der Waals surface area contributed by atoms with Crippen molar-refractivity contribution in [3.05, 3.63) is 59.2 Å². The van der Waals surface area contributed by atoms with Gasteiger partial charge in [-0.3, -0.25) is 14.5 Å². The molecule has 7 heteroatoms. The lowest BCUT2D eigenvalue weighted by Gasteiger charge is -2.31. The van der Waals surface area contributed by atoms with Crippen molar-refractivity contribution < 1.29 is 19.5 Å². The van der Waals surface area contributed by atoms with Crippen LogP contribution in [0, 0.1) is 0 Å². The number of pyridine rings is 1. The molecule has 1 aromatic carbocycles. The van der Waals surface area contributed by atoms with Crippen molar-refractivity contribution in [2.75, 3.05) is 31.1 Å². The molecule has 0 unspecified atom stereocenters. The van der Waals surface area contributed by atoms with Gasteiger partial charge in [-0.25, -0.2) is 0 Å². The van der Waals surface area contributed by atoms with Gasteiger partial charge < -0.3 is 10.1 Å². The van der Waals surface area contributed by atoms with Crippen LogP contribution >= 0.6 is 11.6 Å². The summed E-state index contributed by atoms with van der Waals surface area (Å²) in [5.41, 5.74) is 0.573. The van der Waals surface area contributed by atoms with Gasteiger partial charge in [0.05, 0.1) is 13.1 Å². The SMILES string of the molecule is O=C(CCC(=O)N1CCN(c2cccc[n+]2O)CC1)c1ccc(Cl)cc1. The molecule has 6 nitrogen and oxygen atoms in total. The Morgan fingerprint density at radius 2 is 1.69 bits per heavy atom. The number of benzene rings is 1. The fourth-order valence-electron chi connectivity index (χ4n) is 3.02. The number of hydrogen-bond acceptors (Lipinski definition) is 4. The summed E-state index contributed by atoms with van der Waals surface area (Å²) >= 11 is 5.82. The van der Waals surface area contributed by atoms with E-state index in [0.717, 1.165) is 4.73 Å². The number of hydrogen-bond donors (Lipinski definition) is 1. The van der Waals surface area contributed by atoms with Crippen LogP contribution in [-0.4, -0.2) is 48.0 Å². The quantitative estimate of drug-likeness (QED) is 0.495. The molecule has 2 aromatic rings. The first-order valence-corrected chi connectivity index (χ1v) is 8.94. The van der Waals surface area contributed by atoms with Crippen molar-refractivity contribution in [3.8, 4) is 0 Å². The minimum atomic E-state index is -0.0562. The predicted octanol–water partition coefficient (Wildman–Crippen LogP) is 2.18. The van der Waals surface area contributed by atoms with E-state index < -0.39 is 0 Å². The third-order valence-corrected chi connectivity index (χ3v) is 4.76. The molecule has 0 bridgehead atoms. The van der Waals surface area contributed by atoms with Crippen molar-refractivity contribution in [2.24, 2.45) is 0 Å². The van der Waals surface area contributed by atoms with E-state index in [9.17, 15) is 14.8 Å². The van der Waals surface area contributed by atoms with Crippen LogP contribution in [0.15, 0.2) is 48.7 Å². The third-order valence-electron chi connectivity index (χ3n) is 4.51. The third kappa shape index (κ3) is 4.32. The molecule has 136 valence electrons. The molecule has 1 amide bonds. The van der Waals surface area contributed by atoms with Gasteiger partial charge in [0.2, 0.25) is 5.91 Å². The standard InChI is InChI=1S/C19H21ClN3O3/c20-16-6-4-15(5-7-16)17(24)8-9-19(25)22-13-11-21(12-14-22)18-3-1-2-10-23(18)26/h1-7,10,26H,8-9,11-14H2/q+1. The Kier molecular flexibility index (Phi) is 5.73. The van der Waals surface area contributed by atoms with Crippen LogP contribution in [0.3, 0.4) is 0 Å². The van der Waals surface area contributed by atoms with Crippen LogP contribution in [0.5, 0.6) is 0 Å². The Hall–Kier alpha value is -2.60. The second kappa shape index (κ2) is 8.19. The summed E-state index contributed by atoms with van der Waals surface area (Å²) in [6, 6.07) is 12.2. The van der Waals surface area contributed by atoms with Crippen LogP contribution in [0.4, 0.5) is 5.82 Å². The Morgan fingerprint density at radius 3 is 2.35 bits per heavy atom. The van der Waals surface area contributed by atoms with Crippen LogP contribution < -0.4 is 9.63 Å². The Labute approximate surface area is 157 Å². The number of nitrogens with zero attached hydrogens (tertiary/aromatic N) is 3. The molecule has 0 spiro atoms. The Morgan fingerprint density at radius 1 is 1.00 bits per heavy atom. The first-order chi connectivity index (χ1) is 12.5. The zero-order valence-corrected chi connectivity index (χ0v) is 15.1. The molecule has 0 saturated carbocycles. The average Bonchev–Trinajstić information content (AvgIpc) is 2.67. The zero-order chi connectivity index (χ0) is 18.5. The van der Waals surface area contributed by atoms with Crippen LogP contribution in [-0.2, 0) is 4.79 Å². The zero-order valence-electron chi connectivity index (χ0n) is 14.3. The van der Waals surface area contributed by atoms with Crippen molar-refractivity contribution in [3.63, 3.8) is 0 Å². The van der Waals surface area contributed by atoms with Crippen molar-refractivity contribution >= 4 is 29.1 Å². The Bertz CT molecular complexity index is 787. The number of amides is 1. The summed E-state index contributed by atoms with van der Waals surface area (Å²) < 4.78 is 1.09. The molecule has 1 fully saturated rings. The van der Waals surface area contributed by atoms with E-state index in [4.69, 9.17) is 11.6 Å². The molecule has 2 heterocycles. The number of carbonyl (C=O) groups excluding carboxylic acids is 2. The molecule has 26 heavy (non-hydrogen) atoms. The maximum atomic E-state index is 12.4. The molecule has 0 radical (unpaired) electrons. The number of Topliss-reactive ketones (excluding diaryl/α,β-unsaturated/α-hetero) is 1. The lowest BCUT2D eigenvalue weighted by Crippen LogP contribution is -2.52. The summed E-state index contributed by atoms with van der Waals surface area (Å²) in [6.45, 7) is 2.43. The van der Waals surface area contributed by atoms with Gasteiger partial charge in [-0.15, -0.1) is 0 Å². The van der Waals surface area contributed by atoms with Gasteiger partial charge in [-0.1, -0.05) is 22.4 Å². The second-order valence-corrected chi connectivity index (χ2v) is 6.64. The minimum absolute atomic E-state index is 0.0168. The molecule has 1 aromatic heterocycles. The molecule has 1 aliphatic rings. The smallest absolute Gasteiger partial charge is 0.316 e. The van der Waals surface area contributed by atoms with Crippen molar-refractivity contribution in [1.29, 1.82) is 0 Å². The van der Waals surface area contributed by atoms with E-state index in [1.807, 2.05) is 17.0 Å². The summed E-state index contributed by atoms with van der Waals surface area (Å²) in [6.07, 6.45) is 1.97. The number of carbonyl (C=O) groups is 2. The lowest BCUT2D eigenvalue weighted by atomic mass is 10.1. The molecule has 1 N–H and O–H groups in total. The normalized spacial score (nSPS) is 14.3. The first kappa shape index (κ1) is 18.2. The highest BCUT2D eigenvalue weighted by Gasteiger charge is 2.27. The van der Waals surface area contributed by atoms with Gasteiger partial charge >= 0.3 is 5.82 Å². The number of aromatic nitrogens is 1. The van der Waals surface area contributed by atoms with Gasteiger partial charge in [-0.2, -0.15) is 0 Å². The fraction of sp³-hybridized carbons (Fsp3) is 0.316. The number of rotatable bonds is 5. The topological polar surface area (TPSA) is 64.7 Å². The molecular formula is C19H21ClN3O3+. The summed E-state index contributed by atoms with van der Waals surface area (Å²) in [4.78, 5) is 28.3. The highest BCUT2D eigenvalue weighted by atomic mass is 35.5. The molecule has 1 aliphatic heterocycles. The minimum Gasteiger partial charge on any atom is -0.350 e. The highest BCUT2D eigenvalue weighted by molar-refractivity contribution is 6.30. The van der Waals surface area contributed by atoms with Crippen molar-refractivity contribution in [1.82, 2.24) is 4.90 Å². The summed E-state index contributed by atoms with van der Waals surface area (Å²) in [5, 5.41) is 10.4. The molecule has 0 aliphatic carbocycles. The molecule has 1 saturated heterocycles. The van der Waals surface area contributed by atoms with E-state index in [1.54, 1.807) is 41.4 Å². The maximum absolute atomic E-state index is 12.4. The van der Waals surface area contributed by atoms with Gasteiger partial charge in [0, 0.05) is 29.5 Å². The predicted molar refractivity (Wildman–Crippen MR) is 97.6 cm³/mol. The molecule has 0 atom stereocenters. The number of anilines is 1. The largest absolute Gasteiger partial charge is 0.350 e. The van der Waals surface area contributed by atoms with E-state index in [1.165, 1.54) is 0 Å². The maximum Gasteiger partial charge on any atom is 0.316 e. The van der Waals surface area contributed by atoms with Gasteiger partial charge in [-0.05, 0) is 30.3 Å².